The van der Waals surface area contributed by atoms with Gasteiger partial charge >= 0.3 is 0 Å². The Morgan fingerprint density at radius 2 is 1.84 bits per heavy atom. The topological polar surface area (TPSA) is 119 Å². The number of hydrogen-bond acceptors (Lipinski definition) is 9. The zero-order valence-corrected chi connectivity index (χ0v) is 24.8. The Morgan fingerprint density at radius 1 is 1.04 bits per heavy atom. The Labute approximate surface area is 258 Å². The highest BCUT2D eigenvalue weighted by Gasteiger charge is 2.27. The van der Waals surface area contributed by atoms with E-state index in [9.17, 15) is 19.1 Å². The summed E-state index contributed by atoms with van der Waals surface area (Å²) in [6, 6.07) is 16.0. The number of halogens is 2. The third kappa shape index (κ3) is 5.66. The molecular formula is C32H25F2N5O5S. The van der Waals surface area contributed by atoms with Gasteiger partial charge in [0.05, 0.1) is 36.1 Å². The Balaban J connectivity index is 1.37. The van der Waals surface area contributed by atoms with Crippen molar-refractivity contribution in [3.8, 4) is 22.9 Å². The number of methoxy groups -OCH3 is 1. The first-order valence-electron chi connectivity index (χ1n) is 13.6. The Morgan fingerprint density at radius 3 is 2.58 bits per heavy atom. The highest BCUT2D eigenvalue weighted by atomic mass is 32.1. The number of ether oxygens (including phenoxy) is 2. The second-order valence-electron chi connectivity index (χ2n) is 9.89. The van der Waals surface area contributed by atoms with Crippen molar-refractivity contribution in [3.05, 3.63) is 106 Å². The average Bonchev–Trinajstić information content (AvgIpc) is 3.51. The third-order valence-corrected chi connectivity index (χ3v) is 7.89. The van der Waals surface area contributed by atoms with E-state index in [-0.39, 0.29) is 35.8 Å². The molecular weight excluding hydrogens is 604 g/mol. The number of rotatable bonds is 9. The number of carbonyl (C=O) groups is 1. The minimum absolute atomic E-state index is 0.0658. The number of hydrogen-bond donors (Lipinski definition) is 2. The van der Waals surface area contributed by atoms with E-state index in [0.29, 0.717) is 38.4 Å². The van der Waals surface area contributed by atoms with Crippen molar-refractivity contribution in [2.45, 2.75) is 0 Å². The van der Waals surface area contributed by atoms with Crippen LogP contribution in [-0.4, -0.2) is 52.9 Å². The molecule has 13 heteroatoms. The molecule has 3 heterocycles. The maximum absolute atomic E-state index is 15.3. The molecule has 0 spiro atoms. The molecule has 3 aromatic heterocycles. The first-order chi connectivity index (χ1) is 21.8. The van der Waals surface area contributed by atoms with Gasteiger partial charge < -0.3 is 24.8 Å². The second-order valence-corrected chi connectivity index (χ2v) is 10.7. The standard InChI is InChI=1S/C32H25F2N5O5S/c1-38(13-14-40)29-27(31(42)39(32-28(29)36-17-45-32)20-6-3-18(33)4-7-20)30(41)37-19-5-10-26(23(34)15-19)44-25-11-12-35-24-16-21(43-2)8-9-22(24)25/h3-12,15-17,40H,13-14H2,1-2H3,(H,37,41). The van der Waals surface area contributed by atoms with Crippen LogP contribution in [0.25, 0.3) is 26.9 Å². The van der Waals surface area contributed by atoms with Crippen LogP contribution < -0.4 is 25.2 Å². The third-order valence-electron chi connectivity index (χ3n) is 7.08. The molecule has 228 valence electrons. The molecule has 6 rings (SSSR count). The van der Waals surface area contributed by atoms with Gasteiger partial charge in [-0.1, -0.05) is 0 Å². The van der Waals surface area contributed by atoms with E-state index in [0.717, 1.165) is 6.07 Å². The van der Waals surface area contributed by atoms with Gasteiger partial charge in [-0.15, -0.1) is 11.3 Å². The van der Waals surface area contributed by atoms with E-state index in [2.05, 4.69) is 15.3 Å². The summed E-state index contributed by atoms with van der Waals surface area (Å²) in [6.07, 6.45) is 1.53. The van der Waals surface area contributed by atoms with Gasteiger partial charge in [-0.05, 0) is 54.6 Å². The maximum atomic E-state index is 15.3. The predicted octanol–water partition coefficient (Wildman–Crippen LogP) is 5.76. The van der Waals surface area contributed by atoms with E-state index in [4.69, 9.17) is 9.47 Å². The molecule has 1 amide bonds. The summed E-state index contributed by atoms with van der Waals surface area (Å²) in [6.45, 7) is -0.152. The van der Waals surface area contributed by atoms with Crippen LogP contribution in [0.1, 0.15) is 10.4 Å². The van der Waals surface area contributed by atoms with Crippen LogP contribution in [-0.2, 0) is 0 Å². The van der Waals surface area contributed by atoms with E-state index < -0.39 is 23.1 Å². The number of nitrogens with zero attached hydrogens (tertiary/aromatic N) is 4. The van der Waals surface area contributed by atoms with Gasteiger partial charge in [0, 0.05) is 43.0 Å². The molecule has 0 aliphatic carbocycles. The molecule has 0 fully saturated rings. The fourth-order valence-corrected chi connectivity index (χ4v) is 5.75. The number of aliphatic hydroxyl groups excluding tert-OH is 1. The molecule has 0 saturated carbocycles. The number of aliphatic hydroxyl groups is 1. The lowest BCUT2D eigenvalue weighted by atomic mass is 10.1. The largest absolute Gasteiger partial charge is 0.497 e. The first kappa shape index (κ1) is 29.7. The number of aromatic nitrogens is 3. The minimum atomic E-state index is -0.826. The number of carbonyl (C=O) groups excluding carboxylic acids is 1. The van der Waals surface area contributed by atoms with Crippen molar-refractivity contribution < 1.29 is 28.2 Å². The van der Waals surface area contributed by atoms with Crippen molar-refractivity contribution in [3.63, 3.8) is 0 Å². The van der Waals surface area contributed by atoms with Crippen LogP contribution in [0.5, 0.6) is 17.2 Å². The maximum Gasteiger partial charge on any atom is 0.271 e. The summed E-state index contributed by atoms with van der Waals surface area (Å²) in [5.41, 5.74) is 2.07. The van der Waals surface area contributed by atoms with Crippen molar-refractivity contribution in [2.24, 2.45) is 0 Å². The lowest BCUT2D eigenvalue weighted by Gasteiger charge is -2.23. The van der Waals surface area contributed by atoms with Gasteiger partial charge in [0.1, 0.15) is 33.2 Å². The van der Waals surface area contributed by atoms with E-state index in [1.165, 1.54) is 64.0 Å². The molecule has 0 aliphatic rings. The zero-order valence-electron chi connectivity index (χ0n) is 24.0. The Bertz CT molecular complexity index is 2120. The van der Waals surface area contributed by atoms with Crippen molar-refractivity contribution >= 4 is 49.9 Å². The molecule has 0 atom stereocenters. The SMILES string of the molecule is COc1ccc2c(Oc3ccc(NC(=O)c4c(N(C)CCO)c5ncsc5n(-c5ccc(F)cc5)c4=O)cc3F)ccnc2c1. The molecule has 0 radical (unpaired) electrons. The van der Waals surface area contributed by atoms with Crippen LogP contribution in [0.3, 0.4) is 0 Å². The molecule has 10 nitrogen and oxygen atoms in total. The van der Waals surface area contributed by atoms with Gasteiger partial charge in [0.2, 0.25) is 0 Å². The smallest absolute Gasteiger partial charge is 0.271 e. The summed E-state index contributed by atoms with van der Waals surface area (Å²) >= 11 is 1.17. The normalized spacial score (nSPS) is 11.1. The lowest BCUT2D eigenvalue weighted by Crippen LogP contribution is -2.34. The molecule has 45 heavy (non-hydrogen) atoms. The average molecular weight is 630 g/mol. The fourth-order valence-electron chi connectivity index (χ4n) is 4.94. The molecule has 0 unspecified atom stereocenters. The highest BCUT2D eigenvalue weighted by molar-refractivity contribution is 7.16. The fraction of sp³-hybridized carbons (Fsp3) is 0.125. The van der Waals surface area contributed by atoms with Gasteiger partial charge in [-0.2, -0.15) is 0 Å². The summed E-state index contributed by atoms with van der Waals surface area (Å²) in [7, 11) is 3.16. The van der Waals surface area contributed by atoms with E-state index in [1.54, 1.807) is 43.3 Å². The molecule has 0 aliphatic heterocycles. The molecule has 6 aromatic rings. The number of thiazole rings is 1. The van der Waals surface area contributed by atoms with Crippen LogP contribution in [0.15, 0.2) is 83.2 Å². The van der Waals surface area contributed by atoms with Crippen molar-refractivity contribution in [2.75, 3.05) is 37.5 Å². The van der Waals surface area contributed by atoms with Gasteiger partial charge in [0.15, 0.2) is 11.6 Å². The number of benzene rings is 3. The van der Waals surface area contributed by atoms with Crippen LogP contribution in [0.4, 0.5) is 20.2 Å². The molecule has 3 aromatic carbocycles. The summed E-state index contributed by atoms with van der Waals surface area (Å²) < 4.78 is 41.4. The number of amides is 1. The molecule has 0 bridgehead atoms. The number of fused-ring (bicyclic) bond motifs is 2. The molecule has 2 N–H and O–H groups in total. The van der Waals surface area contributed by atoms with E-state index >= 15 is 4.39 Å². The lowest BCUT2D eigenvalue weighted by molar-refractivity contribution is 0.102. The predicted molar refractivity (Wildman–Crippen MR) is 168 cm³/mol. The Hall–Kier alpha value is -5.40. The van der Waals surface area contributed by atoms with Crippen LogP contribution >= 0.6 is 11.3 Å². The van der Waals surface area contributed by atoms with Crippen LogP contribution in [0.2, 0.25) is 0 Å². The van der Waals surface area contributed by atoms with E-state index in [1.807, 2.05) is 0 Å². The highest BCUT2D eigenvalue weighted by Crippen LogP contribution is 2.34. The number of likely N-dealkylation sites (N-methyl/N-ethyl adjacent to an activating group) is 1. The number of nitrogens with one attached hydrogen (secondary N) is 1. The number of anilines is 2. The summed E-state index contributed by atoms with van der Waals surface area (Å²) in [4.78, 5) is 38.5. The minimum Gasteiger partial charge on any atom is -0.497 e. The van der Waals surface area contributed by atoms with Gasteiger partial charge in [-0.25, -0.2) is 13.8 Å². The first-order valence-corrected chi connectivity index (χ1v) is 14.5. The second kappa shape index (κ2) is 12.3. The van der Waals surface area contributed by atoms with Crippen LogP contribution in [0, 0.1) is 11.6 Å². The van der Waals surface area contributed by atoms with Crippen molar-refractivity contribution in [1.29, 1.82) is 0 Å². The van der Waals surface area contributed by atoms with Gasteiger partial charge in [0.25, 0.3) is 11.5 Å². The quantitative estimate of drug-likeness (QED) is 0.208. The summed E-state index contributed by atoms with van der Waals surface area (Å²) in [5, 5.41) is 12.9. The zero-order chi connectivity index (χ0) is 31.7. The molecule has 0 saturated heterocycles. The monoisotopic (exact) mass is 629 g/mol. The van der Waals surface area contributed by atoms with Crippen molar-refractivity contribution in [1.82, 2.24) is 14.5 Å². The Kier molecular flexibility index (Phi) is 8.11. The van der Waals surface area contributed by atoms with Gasteiger partial charge in [-0.3, -0.25) is 19.1 Å². The summed E-state index contributed by atoms with van der Waals surface area (Å²) in [5.74, 6) is -1.19. The number of pyridine rings is 2.